The van der Waals surface area contributed by atoms with Crippen LogP contribution in [0.15, 0.2) is 5.16 Å². The van der Waals surface area contributed by atoms with Gasteiger partial charge in [-0.05, 0) is 24.3 Å². The van der Waals surface area contributed by atoms with Gasteiger partial charge in [0.05, 0.1) is 11.8 Å². The highest BCUT2D eigenvalue weighted by Crippen LogP contribution is 2.20. The van der Waals surface area contributed by atoms with Crippen LogP contribution in [-0.4, -0.2) is 35.2 Å². The van der Waals surface area contributed by atoms with Gasteiger partial charge in [-0.2, -0.15) is 15.0 Å². The maximum atomic E-state index is 5.49. The summed E-state index contributed by atoms with van der Waals surface area (Å²) in [4.78, 5) is 11.7. The van der Waals surface area contributed by atoms with Crippen molar-refractivity contribution in [2.24, 2.45) is 0 Å². The number of hydrogen-bond acceptors (Lipinski definition) is 9. The lowest BCUT2D eigenvalue weighted by atomic mass is 10.4. The molecular formula is C8H13N9S. The zero-order valence-electron chi connectivity index (χ0n) is 9.98. The van der Waals surface area contributed by atoms with Gasteiger partial charge in [0.2, 0.25) is 17.1 Å². The highest BCUT2D eigenvalue weighted by atomic mass is 32.2. The van der Waals surface area contributed by atoms with E-state index in [0.717, 1.165) is 0 Å². The van der Waals surface area contributed by atoms with Gasteiger partial charge in [0, 0.05) is 0 Å². The molecule has 0 saturated carbocycles. The molecule has 9 nitrogen and oxygen atoms in total. The Labute approximate surface area is 107 Å². The fraction of sp³-hybridized carbons (Fsp3) is 0.500. The second-order valence-corrected chi connectivity index (χ2v) is 4.70. The van der Waals surface area contributed by atoms with Gasteiger partial charge in [0.15, 0.2) is 0 Å². The van der Waals surface area contributed by atoms with Gasteiger partial charge in [-0.25, -0.2) is 4.68 Å². The first kappa shape index (κ1) is 12.5. The molecule has 10 heteroatoms. The number of nitrogens with two attached hydrogens (primary N) is 2. The smallest absolute Gasteiger partial charge is 0.225 e. The molecule has 2 aromatic rings. The average molecular weight is 267 g/mol. The van der Waals surface area contributed by atoms with Crippen LogP contribution in [0.4, 0.5) is 11.9 Å². The van der Waals surface area contributed by atoms with Crippen LogP contribution in [0.1, 0.15) is 25.7 Å². The lowest BCUT2D eigenvalue weighted by Gasteiger charge is -2.06. The van der Waals surface area contributed by atoms with E-state index in [1.54, 1.807) is 4.68 Å². The van der Waals surface area contributed by atoms with E-state index >= 15 is 0 Å². The molecule has 2 aromatic heterocycles. The minimum Gasteiger partial charge on any atom is -0.368 e. The van der Waals surface area contributed by atoms with E-state index in [1.807, 2.05) is 13.8 Å². The molecule has 0 saturated heterocycles. The minimum absolute atomic E-state index is 0.113. The fourth-order valence-electron chi connectivity index (χ4n) is 1.26. The molecule has 4 N–H and O–H groups in total. The summed E-state index contributed by atoms with van der Waals surface area (Å²) < 4.78 is 1.72. The Morgan fingerprint density at radius 1 is 1.17 bits per heavy atom. The van der Waals surface area contributed by atoms with E-state index < -0.39 is 0 Å². The first-order chi connectivity index (χ1) is 8.56. The zero-order valence-corrected chi connectivity index (χ0v) is 10.8. The second-order valence-electron chi connectivity index (χ2n) is 3.76. The Balaban J connectivity index is 2.09. The third-order valence-corrected chi connectivity index (χ3v) is 2.93. The summed E-state index contributed by atoms with van der Waals surface area (Å²) >= 11 is 1.42. The number of hydrogen-bond donors (Lipinski definition) is 2. The van der Waals surface area contributed by atoms with Crippen molar-refractivity contribution in [2.75, 3.05) is 11.5 Å². The van der Waals surface area contributed by atoms with Crippen molar-refractivity contribution < 1.29 is 0 Å². The average Bonchev–Trinajstić information content (AvgIpc) is 2.73. The fourth-order valence-corrected chi connectivity index (χ4v) is 2.12. The van der Waals surface area contributed by atoms with Gasteiger partial charge < -0.3 is 11.5 Å². The lowest BCUT2D eigenvalue weighted by molar-refractivity contribution is 0.477. The van der Waals surface area contributed by atoms with Crippen LogP contribution >= 0.6 is 11.8 Å². The number of nitrogen functional groups attached to an aromatic ring is 2. The van der Waals surface area contributed by atoms with Gasteiger partial charge in [-0.1, -0.05) is 11.8 Å². The lowest BCUT2D eigenvalue weighted by Crippen LogP contribution is -2.07. The van der Waals surface area contributed by atoms with Crippen molar-refractivity contribution in [1.82, 2.24) is 35.2 Å². The van der Waals surface area contributed by atoms with Gasteiger partial charge in [0.1, 0.15) is 5.82 Å². The van der Waals surface area contributed by atoms with Crippen LogP contribution in [0.3, 0.4) is 0 Å². The largest absolute Gasteiger partial charge is 0.368 e. The van der Waals surface area contributed by atoms with E-state index in [1.165, 1.54) is 11.8 Å². The quantitative estimate of drug-likeness (QED) is 0.727. The maximum absolute atomic E-state index is 5.49. The number of tetrazole rings is 1. The highest BCUT2D eigenvalue weighted by molar-refractivity contribution is 7.98. The Kier molecular flexibility index (Phi) is 3.55. The summed E-state index contributed by atoms with van der Waals surface area (Å²) in [7, 11) is 0. The number of thioether (sulfide) groups is 1. The Hall–Kier alpha value is -1.97. The van der Waals surface area contributed by atoms with E-state index in [0.29, 0.717) is 16.7 Å². The first-order valence-corrected chi connectivity index (χ1v) is 6.21. The van der Waals surface area contributed by atoms with Crippen molar-refractivity contribution in [2.45, 2.75) is 30.8 Å². The van der Waals surface area contributed by atoms with E-state index in [-0.39, 0.29) is 17.9 Å². The molecule has 2 rings (SSSR count). The minimum atomic E-state index is 0.113. The van der Waals surface area contributed by atoms with Crippen molar-refractivity contribution in [3.8, 4) is 0 Å². The van der Waals surface area contributed by atoms with Crippen molar-refractivity contribution in [3.63, 3.8) is 0 Å². The highest BCUT2D eigenvalue weighted by Gasteiger charge is 2.11. The standard InChI is InChI=1S/C8H13N9S/c1-4(2)17-8(14-15-16-17)18-3-5-11-6(9)13-7(10)12-5/h4H,3H2,1-2H3,(H4,9,10,11,12,13). The summed E-state index contributed by atoms with van der Waals surface area (Å²) in [5.74, 6) is 1.20. The molecule has 0 amide bonds. The maximum Gasteiger partial charge on any atom is 0.225 e. The molecule has 0 radical (unpaired) electrons. The molecule has 96 valence electrons. The summed E-state index contributed by atoms with van der Waals surface area (Å²) in [6, 6.07) is 0.191. The van der Waals surface area contributed by atoms with Crippen LogP contribution < -0.4 is 11.5 Å². The van der Waals surface area contributed by atoms with Crippen LogP contribution in [-0.2, 0) is 5.75 Å². The molecule has 0 fully saturated rings. The summed E-state index contributed by atoms with van der Waals surface area (Å²) in [6.45, 7) is 4.00. The predicted molar refractivity (Wildman–Crippen MR) is 66.4 cm³/mol. The predicted octanol–water partition coefficient (Wildman–Crippen LogP) is -0.104. The Morgan fingerprint density at radius 2 is 1.83 bits per heavy atom. The van der Waals surface area contributed by atoms with Gasteiger partial charge in [0.25, 0.3) is 0 Å². The van der Waals surface area contributed by atoms with Crippen molar-refractivity contribution >= 4 is 23.7 Å². The second kappa shape index (κ2) is 5.12. The van der Waals surface area contributed by atoms with E-state index in [9.17, 15) is 0 Å². The van der Waals surface area contributed by atoms with Gasteiger partial charge >= 0.3 is 0 Å². The molecule has 0 unspecified atom stereocenters. The SMILES string of the molecule is CC(C)n1nnnc1SCc1nc(N)nc(N)n1. The molecule has 0 aliphatic heterocycles. The molecule has 0 aromatic carbocycles. The molecule has 0 atom stereocenters. The van der Waals surface area contributed by atoms with E-state index in [2.05, 4.69) is 30.5 Å². The molecule has 0 spiro atoms. The Bertz CT molecular complexity index is 517. The third kappa shape index (κ3) is 2.83. The number of aromatic nitrogens is 7. The molecule has 0 aliphatic carbocycles. The first-order valence-electron chi connectivity index (χ1n) is 5.23. The van der Waals surface area contributed by atoms with Crippen LogP contribution in [0.2, 0.25) is 0 Å². The number of anilines is 2. The van der Waals surface area contributed by atoms with Crippen molar-refractivity contribution in [1.29, 1.82) is 0 Å². The molecule has 18 heavy (non-hydrogen) atoms. The monoisotopic (exact) mass is 267 g/mol. The molecule has 0 aliphatic rings. The van der Waals surface area contributed by atoms with Crippen LogP contribution in [0.5, 0.6) is 0 Å². The van der Waals surface area contributed by atoms with Gasteiger partial charge in [-0.3, -0.25) is 0 Å². The summed E-state index contributed by atoms with van der Waals surface area (Å²) in [5, 5.41) is 12.2. The molecular weight excluding hydrogens is 254 g/mol. The summed E-state index contributed by atoms with van der Waals surface area (Å²) in [6.07, 6.45) is 0. The third-order valence-electron chi connectivity index (χ3n) is 2.00. The molecule has 0 bridgehead atoms. The topological polar surface area (TPSA) is 134 Å². The Morgan fingerprint density at radius 3 is 2.44 bits per heavy atom. The normalized spacial score (nSPS) is 11.1. The summed E-state index contributed by atoms with van der Waals surface area (Å²) in [5.41, 5.74) is 11.0. The number of nitrogens with zero attached hydrogens (tertiary/aromatic N) is 7. The van der Waals surface area contributed by atoms with E-state index in [4.69, 9.17) is 11.5 Å². The van der Waals surface area contributed by atoms with Crippen LogP contribution in [0.25, 0.3) is 0 Å². The molecule has 2 heterocycles. The van der Waals surface area contributed by atoms with Gasteiger partial charge in [-0.15, -0.1) is 5.10 Å². The van der Waals surface area contributed by atoms with Crippen LogP contribution in [0, 0.1) is 0 Å². The van der Waals surface area contributed by atoms with Crippen molar-refractivity contribution in [3.05, 3.63) is 5.82 Å². The number of rotatable bonds is 4. The zero-order chi connectivity index (χ0) is 13.1.